The number of benzene rings is 2. The molecule has 1 saturated heterocycles. The van der Waals surface area contributed by atoms with Crippen LogP contribution in [-0.2, 0) is 14.3 Å². The monoisotopic (exact) mass is 467 g/mol. The fourth-order valence-corrected chi connectivity index (χ4v) is 4.83. The van der Waals surface area contributed by atoms with Crippen molar-refractivity contribution in [3.8, 4) is 0 Å². The van der Waals surface area contributed by atoms with Gasteiger partial charge in [0.15, 0.2) is 0 Å². The summed E-state index contributed by atoms with van der Waals surface area (Å²) in [4.78, 5) is 27.7. The Bertz CT molecular complexity index is 1040. The Labute approximate surface area is 200 Å². The SMILES string of the molecule is CCOC(=O)C1CCCN(CC(=O)N2N=C(c3ccc(C)cc3)CC2c2ccccc2Cl)C1. The highest BCUT2D eigenvalue weighted by molar-refractivity contribution is 6.31. The van der Waals surface area contributed by atoms with Crippen LogP contribution in [0.5, 0.6) is 0 Å². The van der Waals surface area contributed by atoms with Crippen molar-refractivity contribution in [3.63, 3.8) is 0 Å². The highest BCUT2D eigenvalue weighted by Crippen LogP contribution is 2.36. The van der Waals surface area contributed by atoms with Crippen LogP contribution in [0.15, 0.2) is 53.6 Å². The standard InChI is InChI=1S/C26H30ClN3O3/c1-3-33-26(32)20-7-6-14-29(16-20)17-25(31)30-24(21-8-4-5-9-22(21)27)15-23(28-30)19-12-10-18(2)11-13-19/h4-5,8-13,20,24H,3,6-7,14-17H2,1-2H3. The topological polar surface area (TPSA) is 62.2 Å². The summed E-state index contributed by atoms with van der Waals surface area (Å²) < 4.78 is 5.20. The molecule has 0 N–H and O–H groups in total. The second-order valence-electron chi connectivity index (χ2n) is 8.72. The van der Waals surface area contributed by atoms with Crippen LogP contribution in [0.3, 0.4) is 0 Å². The largest absolute Gasteiger partial charge is 0.466 e. The van der Waals surface area contributed by atoms with Gasteiger partial charge in [0.25, 0.3) is 5.91 Å². The van der Waals surface area contributed by atoms with Gasteiger partial charge in [0.2, 0.25) is 0 Å². The van der Waals surface area contributed by atoms with Crippen LogP contribution in [0.25, 0.3) is 0 Å². The van der Waals surface area contributed by atoms with E-state index in [1.54, 1.807) is 5.01 Å². The predicted molar refractivity (Wildman–Crippen MR) is 129 cm³/mol. The molecule has 2 aliphatic rings. The molecule has 0 bridgehead atoms. The van der Waals surface area contributed by atoms with Crippen molar-refractivity contribution in [2.45, 2.75) is 39.2 Å². The van der Waals surface area contributed by atoms with E-state index in [-0.39, 0.29) is 30.4 Å². The Morgan fingerprint density at radius 2 is 1.91 bits per heavy atom. The Balaban J connectivity index is 1.55. The minimum atomic E-state index is -0.256. The highest BCUT2D eigenvalue weighted by atomic mass is 35.5. The quantitative estimate of drug-likeness (QED) is 0.582. The number of nitrogens with zero attached hydrogens (tertiary/aromatic N) is 3. The van der Waals surface area contributed by atoms with E-state index in [9.17, 15) is 9.59 Å². The number of hydrogen-bond donors (Lipinski definition) is 0. The third-order valence-electron chi connectivity index (χ3n) is 6.30. The van der Waals surface area contributed by atoms with Gasteiger partial charge in [-0.05, 0) is 50.4 Å². The van der Waals surface area contributed by atoms with E-state index < -0.39 is 0 Å². The van der Waals surface area contributed by atoms with Crippen molar-refractivity contribution in [2.24, 2.45) is 11.0 Å². The first kappa shape index (κ1) is 23.5. The van der Waals surface area contributed by atoms with Gasteiger partial charge < -0.3 is 4.74 Å². The molecule has 2 heterocycles. The van der Waals surface area contributed by atoms with Crippen LogP contribution in [0, 0.1) is 12.8 Å². The van der Waals surface area contributed by atoms with Crippen LogP contribution in [0.1, 0.15) is 48.9 Å². The van der Waals surface area contributed by atoms with Crippen LogP contribution in [-0.4, -0.2) is 53.7 Å². The summed E-state index contributed by atoms with van der Waals surface area (Å²) in [5.41, 5.74) is 3.94. The first-order valence-corrected chi connectivity index (χ1v) is 11.9. The van der Waals surface area contributed by atoms with Gasteiger partial charge in [0, 0.05) is 18.0 Å². The summed E-state index contributed by atoms with van der Waals surface area (Å²) >= 11 is 6.51. The zero-order valence-corrected chi connectivity index (χ0v) is 19.9. The summed E-state index contributed by atoms with van der Waals surface area (Å²) in [6.45, 7) is 5.75. The van der Waals surface area contributed by atoms with Crippen LogP contribution in [0.4, 0.5) is 0 Å². The first-order valence-electron chi connectivity index (χ1n) is 11.6. The van der Waals surface area contributed by atoms with Crippen molar-refractivity contribution < 1.29 is 14.3 Å². The van der Waals surface area contributed by atoms with Gasteiger partial charge in [-0.2, -0.15) is 5.10 Å². The number of rotatable bonds is 6. The van der Waals surface area contributed by atoms with Crippen molar-refractivity contribution in [1.82, 2.24) is 9.91 Å². The number of likely N-dealkylation sites (tertiary alicyclic amines) is 1. The Morgan fingerprint density at radius 3 is 2.64 bits per heavy atom. The molecule has 2 atom stereocenters. The molecule has 33 heavy (non-hydrogen) atoms. The number of hydrogen-bond acceptors (Lipinski definition) is 5. The molecule has 1 fully saturated rings. The first-order chi connectivity index (χ1) is 16.0. The molecule has 0 radical (unpaired) electrons. The predicted octanol–water partition coefficient (Wildman–Crippen LogP) is 4.60. The fourth-order valence-electron chi connectivity index (χ4n) is 4.56. The van der Waals surface area contributed by atoms with Crippen molar-refractivity contribution >= 4 is 29.2 Å². The molecular weight excluding hydrogens is 438 g/mol. The average Bonchev–Trinajstić information content (AvgIpc) is 3.25. The summed E-state index contributed by atoms with van der Waals surface area (Å²) in [6, 6.07) is 15.6. The van der Waals surface area contributed by atoms with Crippen LogP contribution < -0.4 is 0 Å². The van der Waals surface area contributed by atoms with Crippen LogP contribution >= 0.6 is 11.6 Å². The molecule has 0 saturated carbocycles. The normalized spacial score (nSPS) is 21.1. The number of carbonyl (C=O) groups is 2. The lowest BCUT2D eigenvalue weighted by molar-refractivity contribution is -0.150. The van der Waals surface area contributed by atoms with E-state index in [0.717, 1.165) is 36.2 Å². The number of carbonyl (C=O) groups excluding carboxylic acids is 2. The summed E-state index contributed by atoms with van der Waals surface area (Å²) in [6.07, 6.45) is 2.26. The van der Waals surface area contributed by atoms with E-state index in [1.807, 2.05) is 55.1 Å². The lowest BCUT2D eigenvalue weighted by Crippen LogP contribution is -2.44. The number of esters is 1. The maximum absolute atomic E-state index is 13.5. The number of hydrazone groups is 1. The lowest BCUT2D eigenvalue weighted by atomic mass is 9.97. The van der Waals surface area contributed by atoms with Gasteiger partial charge >= 0.3 is 5.97 Å². The molecule has 2 aromatic carbocycles. The lowest BCUT2D eigenvalue weighted by Gasteiger charge is -2.32. The average molecular weight is 468 g/mol. The second kappa shape index (κ2) is 10.5. The van der Waals surface area contributed by atoms with Crippen LogP contribution in [0.2, 0.25) is 5.02 Å². The molecule has 2 aliphatic heterocycles. The number of piperidine rings is 1. The Kier molecular flexibility index (Phi) is 7.46. The molecule has 7 heteroatoms. The number of amides is 1. The molecule has 174 valence electrons. The van der Waals surface area contributed by atoms with Crippen molar-refractivity contribution in [1.29, 1.82) is 0 Å². The van der Waals surface area contributed by atoms with Gasteiger partial charge in [-0.25, -0.2) is 5.01 Å². The van der Waals surface area contributed by atoms with Gasteiger partial charge in [0.1, 0.15) is 0 Å². The summed E-state index contributed by atoms with van der Waals surface area (Å²) in [7, 11) is 0. The van der Waals surface area contributed by atoms with Gasteiger partial charge in [-0.1, -0.05) is 59.6 Å². The number of aryl methyl sites for hydroxylation is 1. The molecule has 4 rings (SSSR count). The third kappa shape index (κ3) is 5.45. The third-order valence-corrected chi connectivity index (χ3v) is 6.64. The molecule has 0 aliphatic carbocycles. The van der Waals surface area contributed by atoms with Crippen molar-refractivity contribution in [2.75, 3.05) is 26.2 Å². The molecule has 0 aromatic heterocycles. The van der Waals surface area contributed by atoms with E-state index >= 15 is 0 Å². The van der Waals surface area contributed by atoms with Gasteiger partial charge in [0.05, 0.1) is 30.8 Å². The molecule has 6 nitrogen and oxygen atoms in total. The highest BCUT2D eigenvalue weighted by Gasteiger charge is 2.36. The van der Waals surface area contributed by atoms with Gasteiger partial charge in [-0.3, -0.25) is 14.5 Å². The minimum Gasteiger partial charge on any atom is -0.466 e. The van der Waals surface area contributed by atoms with E-state index in [0.29, 0.717) is 24.6 Å². The molecule has 2 aromatic rings. The zero-order chi connectivity index (χ0) is 23.4. The van der Waals surface area contributed by atoms with E-state index in [1.165, 1.54) is 5.56 Å². The molecular formula is C26H30ClN3O3. The Morgan fingerprint density at radius 1 is 1.15 bits per heavy atom. The summed E-state index contributed by atoms with van der Waals surface area (Å²) in [5.74, 6) is -0.452. The minimum absolute atomic E-state index is 0.0912. The number of halogens is 1. The molecule has 1 amide bonds. The van der Waals surface area contributed by atoms with Gasteiger partial charge in [-0.15, -0.1) is 0 Å². The number of ether oxygens (including phenoxy) is 1. The molecule has 2 unspecified atom stereocenters. The van der Waals surface area contributed by atoms with Crippen molar-refractivity contribution in [3.05, 3.63) is 70.2 Å². The maximum atomic E-state index is 13.5. The van der Waals surface area contributed by atoms with E-state index in [2.05, 4.69) is 12.1 Å². The maximum Gasteiger partial charge on any atom is 0.310 e. The zero-order valence-electron chi connectivity index (χ0n) is 19.2. The second-order valence-corrected chi connectivity index (χ2v) is 9.13. The summed E-state index contributed by atoms with van der Waals surface area (Å²) in [5, 5.41) is 6.97. The molecule has 0 spiro atoms. The van der Waals surface area contributed by atoms with E-state index in [4.69, 9.17) is 21.4 Å². The smallest absolute Gasteiger partial charge is 0.310 e. The Hall–Kier alpha value is -2.70. The fraction of sp³-hybridized carbons (Fsp3) is 0.423.